The first kappa shape index (κ1) is 18.4. The summed E-state index contributed by atoms with van der Waals surface area (Å²) in [7, 11) is 0. The number of benzene rings is 3. The molecule has 3 aromatic rings. The lowest BCUT2D eigenvalue weighted by atomic mass is 10.2. The molecule has 3 rings (SSSR count). The van der Waals surface area contributed by atoms with Gasteiger partial charge in [0.05, 0.1) is 5.56 Å². The van der Waals surface area contributed by atoms with E-state index in [4.69, 9.17) is 4.74 Å². The SMILES string of the molecule is O=C(Nc1ccc(OCc2cccc(F)c2)c(F)c1)c1cccc(F)c1F. The minimum Gasteiger partial charge on any atom is -0.486 e. The van der Waals surface area contributed by atoms with Crippen LogP contribution in [-0.2, 0) is 6.61 Å². The van der Waals surface area contributed by atoms with Gasteiger partial charge in [-0.1, -0.05) is 18.2 Å². The zero-order valence-electron chi connectivity index (χ0n) is 13.8. The van der Waals surface area contributed by atoms with Gasteiger partial charge in [-0.05, 0) is 42.0 Å². The summed E-state index contributed by atoms with van der Waals surface area (Å²) < 4.78 is 59.4. The van der Waals surface area contributed by atoms with Crippen LogP contribution in [0.2, 0.25) is 0 Å². The predicted molar refractivity (Wildman–Crippen MR) is 91.4 cm³/mol. The minimum atomic E-state index is -1.29. The van der Waals surface area contributed by atoms with Crippen molar-refractivity contribution in [2.24, 2.45) is 0 Å². The predicted octanol–water partition coefficient (Wildman–Crippen LogP) is 5.07. The number of ether oxygens (including phenoxy) is 1. The van der Waals surface area contributed by atoms with E-state index in [0.717, 1.165) is 18.2 Å². The highest BCUT2D eigenvalue weighted by Crippen LogP contribution is 2.23. The van der Waals surface area contributed by atoms with Crippen LogP contribution < -0.4 is 10.1 Å². The molecule has 1 amide bonds. The molecule has 0 aliphatic rings. The molecule has 0 saturated carbocycles. The molecule has 0 fully saturated rings. The highest BCUT2D eigenvalue weighted by molar-refractivity contribution is 6.04. The molecule has 0 spiro atoms. The van der Waals surface area contributed by atoms with Crippen molar-refractivity contribution >= 4 is 11.6 Å². The third-order valence-electron chi connectivity index (χ3n) is 3.67. The Labute approximate surface area is 152 Å². The van der Waals surface area contributed by atoms with Crippen LogP contribution in [0, 0.1) is 23.3 Å². The van der Waals surface area contributed by atoms with Gasteiger partial charge in [-0.25, -0.2) is 17.6 Å². The summed E-state index contributed by atoms with van der Waals surface area (Å²) in [6, 6.07) is 12.5. The Kier molecular flexibility index (Phi) is 5.40. The van der Waals surface area contributed by atoms with Crippen LogP contribution in [0.5, 0.6) is 5.75 Å². The molecule has 0 atom stereocenters. The number of carbonyl (C=O) groups excluding carboxylic acids is 1. The van der Waals surface area contributed by atoms with Crippen molar-refractivity contribution in [3.05, 3.63) is 95.1 Å². The van der Waals surface area contributed by atoms with Crippen LogP contribution in [0.1, 0.15) is 15.9 Å². The molecule has 3 aromatic carbocycles. The Morgan fingerprint density at radius 2 is 1.67 bits per heavy atom. The van der Waals surface area contributed by atoms with Gasteiger partial charge in [0, 0.05) is 11.8 Å². The van der Waals surface area contributed by atoms with Gasteiger partial charge in [0.1, 0.15) is 12.4 Å². The van der Waals surface area contributed by atoms with Crippen molar-refractivity contribution in [1.82, 2.24) is 0 Å². The Hall–Kier alpha value is -3.35. The maximum Gasteiger partial charge on any atom is 0.258 e. The maximum absolute atomic E-state index is 14.1. The van der Waals surface area contributed by atoms with Gasteiger partial charge in [0.2, 0.25) is 0 Å². The largest absolute Gasteiger partial charge is 0.486 e. The summed E-state index contributed by atoms with van der Waals surface area (Å²) in [4.78, 5) is 12.0. The number of carbonyl (C=O) groups is 1. The molecule has 0 aliphatic carbocycles. The third-order valence-corrected chi connectivity index (χ3v) is 3.67. The van der Waals surface area contributed by atoms with Gasteiger partial charge < -0.3 is 10.1 Å². The molecule has 138 valence electrons. The van der Waals surface area contributed by atoms with E-state index in [1.807, 2.05) is 0 Å². The van der Waals surface area contributed by atoms with E-state index >= 15 is 0 Å². The van der Waals surface area contributed by atoms with Gasteiger partial charge in [-0.15, -0.1) is 0 Å². The van der Waals surface area contributed by atoms with Crippen LogP contribution in [0.3, 0.4) is 0 Å². The molecule has 7 heteroatoms. The topological polar surface area (TPSA) is 38.3 Å². The average molecular weight is 375 g/mol. The highest BCUT2D eigenvalue weighted by atomic mass is 19.2. The fraction of sp³-hybridized carbons (Fsp3) is 0.0500. The standard InChI is InChI=1S/C20H13F4NO2/c21-13-4-1-3-12(9-13)11-27-18-8-7-14(10-17(18)23)25-20(26)15-5-2-6-16(22)19(15)24/h1-10H,11H2,(H,25,26). The zero-order valence-corrected chi connectivity index (χ0v) is 13.8. The first-order chi connectivity index (χ1) is 12.9. The molecular weight excluding hydrogens is 362 g/mol. The Bertz CT molecular complexity index is 991. The second-order valence-corrected chi connectivity index (χ2v) is 5.62. The van der Waals surface area contributed by atoms with Crippen molar-refractivity contribution in [3.8, 4) is 5.75 Å². The smallest absolute Gasteiger partial charge is 0.258 e. The molecular formula is C20H13F4NO2. The molecule has 0 saturated heterocycles. The van der Waals surface area contributed by atoms with E-state index in [-0.39, 0.29) is 18.0 Å². The van der Waals surface area contributed by atoms with Gasteiger partial charge >= 0.3 is 0 Å². The normalized spacial score (nSPS) is 10.5. The summed E-state index contributed by atoms with van der Waals surface area (Å²) in [5.74, 6) is -4.67. The molecule has 0 aliphatic heterocycles. The summed E-state index contributed by atoms with van der Waals surface area (Å²) in [5.41, 5.74) is 0.0643. The van der Waals surface area contributed by atoms with Crippen LogP contribution >= 0.6 is 0 Å². The van der Waals surface area contributed by atoms with Crippen molar-refractivity contribution < 1.29 is 27.1 Å². The number of hydrogen-bond donors (Lipinski definition) is 1. The van der Waals surface area contributed by atoms with E-state index in [1.165, 1.54) is 36.4 Å². The maximum atomic E-state index is 14.1. The van der Waals surface area contributed by atoms with Crippen molar-refractivity contribution in [3.63, 3.8) is 0 Å². The fourth-order valence-electron chi connectivity index (χ4n) is 2.36. The molecule has 0 radical (unpaired) electrons. The van der Waals surface area contributed by atoms with Crippen LogP contribution in [0.4, 0.5) is 23.2 Å². The van der Waals surface area contributed by atoms with Gasteiger partial charge in [0.15, 0.2) is 23.2 Å². The van der Waals surface area contributed by atoms with E-state index in [9.17, 15) is 22.4 Å². The molecule has 1 N–H and O–H groups in total. The van der Waals surface area contributed by atoms with Crippen LogP contribution in [-0.4, -0.2) is 5.91 Å². The number of amides is 1. The summed E-state index contributed by atoms with van der Waals surface area (Å²) in [5, 5.41) is 2.28. The monoisotopic (exact) mass is 375 g/mol. The molecule has 3 nitrogen and oxygen atoms in total. The quantitative estimate of drug-likeness (QED) is 0.632. The summed E-state index contributed by atoms with van der Waals surface area (Å²) in [6.45, 7) is -0.0467. The first-order valence-electron chi connectivity index (χ1n) is 7.86. The Morgan fingerprint density at radius 1 is 0.889 bits per heavy atom. The Morgan fingerprint density at radius 3 is 2.41 bits per heavy atom. The van der Waals surface area contributed by atoms with E-state index < -0.39 is 34.7 Å². The molecule has 0 heterocycles. The Balaban J connectivity index is 1.69. The molecule has 0 bridgehead atoms. The fourth-order valence-corrected chi connectivity index (χ4v) is 2.36. The number of nitrogens with one attached hydrogen (secondary N) is 1. The number of halogens is 4. The number of hydrogen-bond acceptors (Lipinski definition) is 2. The van der Waals surface area contributed by atoms with E-state index in [0.29, 0.717) is 5.56 Å². The van der Waals surface area contributed by atoms with Crippen molar-refractivity contribution in [2.75, 3.05) is 5.32 Å². The lowest BCUT2D eigenvalue weighted by molar-refractivity contribution is 0.102. The zero-order chi connectivity index (χ0) is 19.4. The molecule has 0 unspecified atom stereocenters. The number of anilines is 1. The average Bonchev–Trinajstić information content (AvgIpc) is 2.63. The highest BCUT2D eigenvalue weighted by Gasteiger charge is 2.16. The number of rotatable bonds is 5. The van der Waals surface area contributed by atoms with Gasteiger partial charge in [-0.2, -0.15) is 0 Å². The van der Waals surface area contributed by atoms with E-state index in [1.54, 1.807) is 6.07 Å². The molecule has 27 heavy (non-hydrogen) atoms. The second-order valence-electron chi connectivity index (χ2n) is 5.62. The van der Waals surface area contributed by atoms with Crippen LogP contribution in [0.25, 0.3) is 0 Å². The van der Waals surface area contributed by atoms with Crippen molar-refractivity contribution in [1.29, 1.82) is 0 Å². The van der Waals surface area contributed by atoms with Gasteiger partial charge in [-0.3, -0.25) is 4.79 Å². The third kappa shape index (κ3) is 4.44. The second kappa shape index (κ2) is 7.90. The minimum absolute atomic E-state index is 0.0410. The lowest BCUT2D eigenvalue weighted by Crippen LogP contribution is -2.14. The first-order valence-corrected chi connectivity index (χ1v) is 7.86. The van der Waals surface area contributed by atoms with Crippen molar-refractivity contribution in [2.45, 2.75) is 6.61 Å². The molecule has 0 aromatic heterocycles. The van der Waals surface area contributed by atoms with E-state index in [2.05, 4.69) is 5.32 Å². The summed E-state index contributed by atoms with van der Waals surface area (Å²) in [6.07, 6.45) is 0. The lowest BCUT2D eigenvalue weighted by Gasteiger charge is -2.10. The van der Waals surface area contributed by atoms with Gasteiger partial charge in [0.25, 0.3) is 5.91 Å². The summed E-state index contributed by atoms with van der Waals surface area (Å²) >= 11 is 0. The van der Waals surface area contributed by atoms with Crippen LogP contribution in [0.15, 0.2) is 60.7 Å².